The lowest BCUT2D eigenvalue weighted by Crippen LogP contribution is -2.72. The number of carboxylic acid groups (broad SMARTS) is 2. The number of hydrogen-bond donors (Lipinski definition) is 19. The van der Waals surface area contributed by atoms with Crippen LogP contribution >= 0.6 is 0 Å². The van der Waals surface area contributed by atoms with Gasteiger partial charge >= 0.3 is 11.9 Å². The molecule has 0 spiro atoms. The minimum absolute atomic E-state index is 0.154. The number of aliphatic hydroxyl groups is 14. The molecule has 24 atom stereocenters. The first kappa shape index (κ1) is 86.6. The Bertz CT molecular complexity index is 2330. The number of rotatable bonds is 48. The number of aliphatic carboxylic acids is 2. The summed E-state index contributed by atoms with van der Waals surface area (Å²) in [6, 6.07) is -4.72. The summed E-state index contributed by atoms with van der Waals surface area (Å²) in [6.07, 6.45) is -13.8. The van der Waals surface area contributed by atoms with Crippen LogP contribution in [0.15, 0.2) is 12.2 Å². The second-order valence-corrected chi connectivity index (χ2v) is 26.5. The molecule has 0 aliphatic carbocycles. The minimum Gasteiger partial charge on any atom is -0.477 e. The van der Waals surface area contributed by atoms with Crippen LogP contribution in [0.5, 0.6) is 0 Å². The Morgan fingerprint density at radius 3 is 1.50 bits per heavy atom. The number of carbonyl (C=O) groups excluding carboxylic acids is 3. The SMILES string of the molecule is CCCCCCCCCCCCCC=C[C@@H](O)[C@H](CO[C@@H]1O[C@H](CO)[C@@H](O[C@@H]2O[C@H](CO)[C@H](O)[C@H](O[C@]3(C(=O)O)C[C@H](O)[C@@H](NC(C)=O)C([C@H](O)[C@@H](CO)O[C@]4(C(=O)O)C[C@H](O)[C@@H](NC(C)=O)C([C@H](O)[C@H](O)CO)O4)O3)[C@H]2O)[C@H](O)[C@H]1O)NC(=O)CCCCCCCCCCCCC. The first-order chi connectivity index (χ1) is 46.7. The summed E-state index contributed by atoms with van der Waals surface area (Å²) >= 11 is 0. The average Bonchev–Trinajstić information content (AvgIpc) is 0.756. The molecule has 98 heavy (non-hydrogen) atoms. The van der Waals surface area contributed by atoms with E-state index in [-0.39, 0.29) is 12.3 Å². The summed E-state index contributed by atoms with van der Waals surface area (Å²) in [6.45, 7) is 1.06. The van der Waals surface area contributed by atoms with Crippen molar-refractivity contribution >= 4 is 29.7 Å². The summed E-state index contributed by atoms with van der Waals surface area (Å²) in [5.41, 5.74) is 0. The Kier molecular flexibility index (Phi) is 39.5. The van der Waals surface area contributed by atoms with Crippen molar-refractivity contribution in [2.45, 2.75) is 341 Å². The van der Waals surface area contributed by atoms with Crippen LogP contribution in [0.3, 0.4) is 0 Å². The molecule has 4 heterocycles. The Morgan fingerprint density at radius 1 is 0.551 bits per heavy atom. The first-order valence-corrected chi connectivity index (χ1v) is 35.2. The molecule has 2 unspecified atom stereocenters. The predicted molar refractivity (Wildman–Crippen MR) is 344 cm³/mol. The highest BCUT2D eigenvalue weighted by Gasteiger charge is 2.62. The lowest BCUT2D eigenvalue weighted by atomic mass is 9.87. The second kappa shape index (κ2) is 44.7. The summed E-state index contributed by atoms with van der Waals surface area (Å²) in [5, 5.41) is 185. The first-order valence-electron chi connectivity index (χ1n) is 35.2. The van der Waals surface area contributed by atoms with Gasteiger partial charge in [-0.3, -0.25) is 14.4 Å². The third kappa shape index (κ3) is 26.2. The van der Waals surface area contributed by atoms with E-state index < -0.39 is 216 Å². The molecule has 19 N–H and O–H groups in total. The highest BCUT2D eigenvalue weighted by molar-refractivity contribution is 5.78. The Balaban J connectivity index is 1.53. The van der Waals surface area contributed by atoms with Crippen LogP contribution < -0.4 is 16.0 Å². The summed E-state index contributed by atoms with van der Waals surface area (Å²) in [4.78, 5) is 64.8. The van der Waals surface area contributed by atoms with Gasteiger partial charge in [-0.2, -0.15) is 0 Å². The second-order valence-electron chi connectivity index (χ2n) is 26.5. The van der Waals surface area contributed by atoms with Crippen molar-refractivity contribution < 1.29 is 144 Å². The van der Waals surface area contributed by atoms with Crippen LogP contribution in [0, 0.1) is 0 Å². The number of nitrogens with one attached hydrogen (secondary N) is 3. The maximum atomic E-state index is 13.6. The van der Waals surface area contributed by atoms with Gasteiger partial charge in [0.2, 0.25) is 17.7 Å². The number of hydrogen-bond acceptors (Lipinski definition) is 27. The lowest BCUT2D eigenvalue weighted by molar-refractivity contribution is -0.388. The fourth-order valence-electron chi connectivity index (χ4n) is 12.8. The predicted octanol–water partition coefficient (Wildman–Crippen LogP) is -1.22. The molecule has 4 aliphatic rings. The lowest BCUT2D eigenvalue weighted by Gasteiger charge is -2.51. The fourth-order valence-corrected chi connectivity index (χ4v) is 12.8. The van der Waals surface area contributed by atoms with Crippen molar-refractivity contribution in [2.24, 2.45) is 0 Å². The number of unbranched alkanes of at least 4 members (excludes halogenated alkanes) is 21. The normalized spacial score (nSPS) is 32.6. The van der Waals surface area contributed by atoms with Gasteiger partial charge in [0.05, 0.1) is 69.5 Å². The van der Waals surface area contributed by atoms with Crippen molar-refractivity contribution in [1.29, 1.82) is 0 Å². The van der Waals surface area contributed by atoms with E-state index in [4.69, 9.17) is 37.9 Å². The van der Waals surface area contributed by atoms with E-state index in [2.05, 4.69) is 29.8 Å². The van der Waals surface area contributed by atoms with Gasteiger partial charge in [-0.05, 0) is 19.3 Å². The molecule has 570 valence electrons. The van der Waals surface area contributed by atoms with Crippen molar-refractivity contribution in [2.75, 3.05) is 33.0 Å². The van der Waals surface area contributed by atoms with Crippen molar-refractivity contribution in [3.63, 3.8) is 0 Å². The maximum Gasteiger partial charge on any atom is 0.364 e. The summed E-state index contributed by atoms with van der Waals surface area (Å²) in [7, 11) is 0. The fraction of sp³-hybridized carbons (Fsp3) is 0.894. The van der Waals surface area contributed by atoms with Crippen LogP contribution in [-0.2, 0) is 61.9 Å². The molecule has 4 aliphatic heterocycles. The number of carboxylic acids is 2. The maximum absolute atomic E-state index is 13.6. The van der Waals surface area contributed by atoms with E-state index in [1.165, 1.54) is 83.5 Å². The molecule has 0 aromatic rings. The third-order valence-corrected chi connectivity index (χ3v) is 18.5. The Labute approximate surface area is 573 Å². The topological polar surface area (TPSA) is 519 Å². The number of carbonyl (C=O) groups is 5. The molecule has 4 fully saturated rings. The highest BCUT2D eigenvalue weighted by atomic mass is 16.8. The van der Waals surface area contributed by atoms with Crippen LogP contribution in [0.2, 0.25) is 0 Å². The van der Waals surface area contributed by atoms with Crippen molar-refractivity contribution in [3.8, 4) is 0 Å². The molecule has 0 radical (unpaired) electrons. The Hall–Kier alpha value is -3.79. The van der Waals surface area contributed by atoms with Gasteiger partial charge in [-0.25, -0.2) is 9.59 Å². The Morgan fingerprint density at radius 2 is 1.02 bits per heavy atom. The van der Waals surface area contributed by atoms with Gasteiger partial charge in [-0.1, -0.05) is 154 Å². The third-order valence-electron chi connectivity index (χ3n) is 18.5. The molecule has 0 aromatic carbocycles. The average molecular weight is 1420 g/mol. The van der Waals surface area contributed by atoms with E-state index in [0.717, 1.165) is 65.2 Å². The smallest absolute Gasteiger partial charge is 0.364 e. The number of amides is 3. The zero-order valence-electron chi connectivity index (χ0n) is 57.2. The molecular formula is C66H117N3O29. The molecule has 32 nitrogen and oxygen atoms in total. The quantitative estimate of drug-likeness (QED) is 0.0251. The van der Waals surface area contributed by atoms with E-state index in [9.17, 15) is 106 Å². The van der Waals surface area contributed by atoms with Gasteiger partial charge in [0.1, 0.15) is 85.5 Å². The number of allylic oxidation sites excluding steroid dienone is 1. The van der Waals surface area contributed by atoms with E-state index in [0.29, 0.717) is 12.8 Å². The molecule has 4 rings (SSSR count). The van der Waals surface area contributed by atoms with Crippen LogP contribution in [0.1, 0.15) is 195 Å². The highest BCUT2D eigenvalue weighted by Crippen LogP contribution is 2.41. The summed E-state index contributed by atoms with van der Waals surface area (Å²) in [5.74, 6) is -13.1. The number of ether oxygens (including phenoxy) is 8. The van der Waals surface area contributed by atoms with Gasteiger partial charge in [0.25, 0.3) is 11.6 Å². The molecule has 0 saturated carbocycles. The van der Waals surface area contributed by atoms with Crippen LogP contribution in [0.4, 0.5) is 0 Å². The van der Waals surface area contributed by atoms with Gasteiger partial charge < -0.3 is 136 Å². The van der Waals surface area contributed by atoms with Gasteiger partial charge in [0, 0.05) is 33.1 Å². The van der Waals surface area contributed by atoms with Gasteiger partial charge in [-0.15, -0.1) is 0 Å². The molecule has 0 bridgehead atoms. The number of aliphatic hydroxyl groups excluding tert-OH is 14. The van der Waals surface area contributed by atoms with E-state index >= 15 is 0 Å². The van der Waals surface area contributed by atoms with Gasteiger partial charge in [0.15, 0.2) is 12.6 Å². The van der Waals surface area contributed by atoms with Crippen LogP contribution in [0.25, 0.3) is 0 Å². The zero-order valence-corrected chi connectivity index (χ0v) is 57.2. The molecule has 0 aromatic heterocycles. The van der Waals surface area contributed by atoms with Crippen molar-refractivity contribution in [1.82, 2.24) is 16.0 Å². The molecule has 32 heteroatoms. The largest absolute Gasteiger partial charge is 0.477 e. The molecule has 4 saturated heterocycles. The zero-order chi connectivity index (χ0) is 72.7. The standard InChI is InChI=1S/C66H117N3O29/c1-5-7-9-11-13-15-17-18-20-21-23-25-27-29-41(76)40(69-48(80)30-28-26-24-22-19-16-14-12-10-8-6-2)37-91-61-55(85)54(84)57(47(36-73)93-61)94-62-56(86)60(52(82)45(34-71)92-62)98-66(64(89)90)32-43(78)50(68-39(4)75)59(97-66)53(83)46(35-72)95-65(63(87)88)31-42(77)49(67-38(3)74)58(96-65)51(81)44(79)33-70/h27,29,40-47,49-62,70-73,76-79,81-86H,5-26,28,30-37H2,1-4H3,(H,67,74)(H,68,75)(H,69,80)(H,87,88)(H,89,90)/t40-,41+,42-,43-,44+,45+,46+,47+,49+,50+,51+,52-,53+,54+,55+,56+,57+,58?,59?,60-,61+,62-,65+,66-/m0/s1. The van der Waals surface area contributed by atoms with E-state index in [1.807, 2.05) is 6.08 Å². The molecular weight excluding hydrogens is 1300 g/mol. The van der Waals surface area contributed by atoms with Crippen LogP contribution in [-0.4, -0.2) is 290 Å². The minimum atomic E-state index is -3.39. The summed E-state index contributed by atoms with van der Waals surface area (Å²) < 4.78 is 46.4. The molecule has 3 amide bonds. The van der Waals surface area contributed by atoms with Crippen molar-refractivity contribution in [3.05, 3.63) is 12.2 Å². The monoisotopic (exact) mass is 1420 g/mol. The van der Waals surface area contributed by atoms with E-state index in [1.54, 1.807) is 6.08 Å².